The summed E-state index contributed by atoms with van der Waals surface area (Å²) >= 11 is 0. The minimum absolute atomic E-state index is 0.536. The van der Waals surface area contributed by atoms with Crippen LogP contribution in [-0.2, 0) is 0 Å². The van der Waals surface area contributed by atoms with Crippen molar-refractivity contribution in [1.82, 2.24) is 4.90 Å². The largest absolute Gasteiger partial charge is 0.330 e. The van der Waals surface area contributed by atoms with E-state index in [2.05, 4.69) is 4.90 Å². The fourth-order valence-electron chi connectivity index (χ4n) is 2.63. The number of likely N-dealkylation sites (tertiary alicyclic amines) is 1. The van der Waals surface area contributed by atoms with Crippen molar-refractivity contribution >= 4 is 0 Å². The minimum Gasteiger partial charge on any atom is -0.330 e. The maximum absolute atomic E-state index is 5.63. The van der Waals surface area contributed by atoms with Gasteiger partial charge in [0.15, 0.2) is 0 Å². The Kier molecular flexibility index (Phi) is 8.67. The standard InChI is InChI=1S/C8H18N2.C6H13N/c9-5-4-8-10-6-2-1-3-7-10;7-6-4-2-1-3-5-6/h1-9H2;6H,1-5,7H2. The molecule has 0 aromatic carbocycles. The van der Waals surface area contributed by atoms with Gasteiger partial charge in [0.05, 0.1) is 0 Å². The van der Waals surface area contributed by atoms with Gasteiger partial charge in [0.2, 0.25) is 0 Å². The first-order chi connectivity index (χ1) is 8.33. The van der Waals surface area contributed by atoms with Crippen LogP contribution in [0.5, 0.6) is 0 Å². The van der Waals surface area contributed by atoms with Crippen molar-refractivity contribution in [3.05, 3.63) is 0 Å². The molecular formula is C14H31N3. The predicted molar refractivity (Wildman–Crippen MR) is 75.0 cm³/mol. The second-order valence-corrected chi connectivity index (χ2v) is 5.44. The van der Waals surface area contributed by atoms with Crippen LogP contribution in [0, 0.1) is 0 Å². The van der Waals surface area contributed by atoms with Gasteiger partial charge in [-0.2, -0.15) is 0 Å². The van der Waals surface area contributed by atoms with Crippen LogP contribution in [0.3, 0.4) is 0 Å². The summed E-state index contributed by atoms with van der Waals surface area (Å²) in [6.45, 7) is 4.67. The van der Waals surface area contributed by atoms with Crippen LogP contribution in [0.15, 0.2) is 0 Å². The molecule has 1 aliphatic carbocycles. The summed E-state index contributed by atoms with van der Waals surface area (Å²) in [6, 6.07) is 0.536. The number of nitrogens with two attached hydrogens (primary N) is 2. The molecule has 1 saturated heterocycles. The highest BCUT2D eigenvalue weighted by Crippen LogP contribution is 2.14. The highest BCUT2D eigenvalue weighted by molar-refractivity contribution is 4.66. The maximum atomic E-state index is 5.63. The first kappa shape index (κ1) is 14.9. The molecule has 1 saturated carbocycles. The zero-order valence-corrected chi connectivity index (χ0v) is 11.4. The third kappa shape index (κ3) is 7.74. The van der Waals surface area contributed by atoms with Crippen LogP contribution in [-0.4, -0.2) is 37.1 Å². The molecule has 0 aromatic rings. The highest BCUT2D eigenvalue weighted by Gasteiger charge is 2.08. The zero-order chi connectivity index (χ0) is 12.3. The monoisotopic (exact) mass is 241 g/mol. The van der Waals surface area contributed by atoms with E-state index in [-0.39, 0.29) is 0 Å². The molecule has 4 N–H and O–H groups in total. The van der Waals surface area contributed by atoms with Gasteiger partial charge in [0.25, 0.3) is 0 Å². The van der Waals surface area contributed by atoms with Crippen molar-refractivity contribution in [2.24, 2.45) is 11.5 Å². The second kappa shape index (κ2) is 9.86. The van der Waals surface area contributed by atoms with Crippen molar-refractivity contribution in [1.29, 1.82) is 0 Å². The molecule has 1 aliphatic heterocycles. The van der Waals surface area contributed by atoms with E-state index in [1.165, 1.54) is 77.4 Å². The van der Waals surface area contributed by atoms with Crippen LogP contribution in [0.25, 0.3) is 0 Å². The topological polar surface area (TPSA) is 55.3 Å². The van der Waals surface area contributed by atoms with E-state index in [1.807, 2.05) is 0 Å². The van der Waals surface area contributed by atoms with E-state index >= 15 is 0 Å². The summed E-state index contributed by atoms with van der Waals surface area (Å²) in [7, 11) is 0. The van der Waals surface area contributed by atoms with E-state index in [0.717, 1.165) is 6.54 Å². The Morgan fingerprint density at radius 1 is 0.882 bits per heavy atom. The Balaban J connectivity index is 0.000000181. The van der Waals surface area contributed by atoms with Crippen LogP contribution in [0.2, 0.25) is 0 Å². The Hall–Kier alpha value is -0.120. The van der Waals surface area contributed by atoms with Crippen LogP contribution in [0.4, 0.5) is 0 Å². The lowest BCUT2D eigenvalue weighted by Crippen LogP contribution is -2.31. The Labute approximate surface area is 107 Å². The van der Waals surface area contributed by atoms with Crippen LogP contribution < -0.4 is 11.5 Å². The van der Waals surface area contributed by atoms with E-state index in [9.17, 15) is 0 Å². The molecule has 0 spiro atoms. The average Bonchev–Trinajstić information content (AvgIpc) is 2.39. The van der Waals surface area contributed by atoms with E-state index in [0.29, 0.717) is 6.04 Å². The summed E-state index contributed by atoms with van der Waals surface area (Å²) in [5, 5.41) is 0. The van der Waals surface area contributed by atoms with Gasteiger partial charge in [0.1, 0.15) is 0 Å². The lowest BCUT2D eigenvalue weighted by molar-refractivity contribution is 0.227. The quantitative estimate of drug-likeness (QED) is 0.795. The molecule has 0 bridgehead atoms. The predicted octanol–water partition coefficient (Wildman–Crippen LogP) is 2.10. The Morgan fingerprint density at radius 3 is 1.94 bits per heavy atom. The summed E-state index contributed by atoms with van der Waals surface area (Å²) in [5.41, 5.74) is 11.1. The van der Waals surface area contributed by atoms with Gasteiger partial charge < -0.3 is 16.4 Å². The number of rotatable bonds is 3. The van der Waals surface area contributed by atoms with E-state index in [4.69, 9.17) is 11.5 Å². The normalized spacial score (nSPS) is 22.9. The third-order valence-corrected chi connectivity index (χ3v) is 3.78. The van der Waals surface area contributed by atoms with Crippen molar-refractivity contribution in [2.45, 2.75) is 63.8 Å². The summed E-state index contributed by atoms with van der Waals surface area (Å²) in [6.07, 6.45) is 12.0. The first-order valence-corrected chi connectivity index (χ1v) is 7.51. The van der Waals surface area contributed by atoms with Crippen molar-refractivity contribution < 1.29 is 0 Å². The summed E-state index contributed by atoms with van der Waals surface area (Å²) < 4.78 is 0. The highest BCUT2D eigenvalue weighted by atomic mass is 15.1. The molecule has 0 radical (unpaired) electrons. The van der Waals surface area contributed by atoms with Gasteiger partial charge >= 0.3 is 0 Å². The van der Waals surface area contributed by atoms with Gasteiger partial charge in [-0.25, -0.2) is 0 Å². The van der Waals surface area contributed by atoms with Crippen LogP contribution >= 0.6 is 0 Å². The smallest absolute Gasteiger partial charge is 0.00388 e. The molecule has 17 heavy (non-hydrogen) atoms. The number of piperidine rings is 1. The molecule has 0 aromatic heterocycles. The third-order valence-electron chi connectivity index (χ3n) is 3.78. The van der Waals surface area contributed by atoms with Crippen molar-refractivity contribution in [3.8, 4) is 0 Å². The van der Waals surface area contributed by atoms with Gasteiger partial charge in [-0.05, 0) is 58.3 Å². The molecule has 0 amide bonds. The SMILES string of the molecule is NC1CCCCC1.NCCCN1CCCCC1. The van der Waals surface area contributed by atoms with Gasteiger partial charge in [-0.1, -0.05) is 25.7 Å². The van der Waals surface area contributed by atoms with E-state index in [1.54, 1.807) is 0 Å². The second-order valence-electron chi connectivity index (χ2n) is 5.44. The van der Waals surface area contributed by atoms with Crippen LogP contribution in [0.1, 0.15) is 57.8 Å². The van der Waals surface area contributed by atoms with Crippen molar-refractivity contribution in [2.75, 3.05) is 26.2 Å². The molecule has 102 valence electrons. The maximum Gasteiger partial charge on any atom is 0.00388 e. The molecule has 2 rings (SSSR count). The molecule has 1 heterocycles. The summed E-state index contributed by atoms with van der Waals surface area (Å²) in [4.78, 5) is 2.52. The number of hydrogen-bond acceptors (Lipinski definition) is 3. The lowest BCUT2D eigenvalue weighted by atomic mass is 9.97. The first-order valence-electron chi connectivity index (χ1n) is 7.51. The van der Waals surface area contributed by atoms with Gasteiger partial charge in [-0.15, -0.1) is 0 Å². The average molecular weight is 241 g/mol. The Bertz CT molecular complexity index is 161. The molecule has 3 heteroatoms. The molecular weight excluding hydrogens is 210 g/mol. The fourth-order valence-corrected chi connectivity index (χ4v) is 2.63. The van der Waals surface area contributed by atoms with Crippen molar-refractivity contribution in [3.63, 3.8) is 0 Å². The fraction of sp³-hybridized carbons (Fsp3) is 1.00. The Morgan fingerprint density at radius 2 is 1.47 bits per heavy atom. The zero-order valence-electron chi connectivity index (χ0n) is 11.4. The lowest BCUT2D eigenvalue weighted by Gasteiger charge is -2.25. The molecule has 0 atom stereocenters. The number of nitrogens with zero attached hydrogens (tertiary/aromatic N) is 1. The molecule has 2 fully saturated rings. The molecule has 3 nitrogen and oxygen atoms in total. The minimum atomic E-state index is 0.536. The molecule has 0 unspecified atom stereocenters. The van der Waals surface area contributed by atoms with Gasteiger partial charge in [0, 0.05) is 6.04 Å². The number of hydrogen-bond donors (Lipinski definition) is 2. The molecule has 2 aliphatic rings. The summed E-state index contributed by atoms with van der Waals surface area (Å²) in [5.74, 6) is 0. The van der Waals surface area contributed by atoms with Gasteiger partial charge in [-0.3, -0.25) is 0 Å². The van der Waals surface area contributed by atoms with E-state index < -0.39 is 0 Å².